The van der Waals surface area contributed by atoms with Gasteiger partial charge in [0.1, 0.15) is 16.7 Å². The van der Waals surface area contributed by atoms with E-state index in [0.717, 1.165) is 22.5 Å². The number of aliphatic hydroxyl groups is 1. The molecular formula is C32H32N2O4S. The maximum Gasteiger partial charge on any atom is 0.237 e. The summed E-state index contributed by atoms with van der Waals surface area (Å²) < 4.78 is 21.2. The summed E-state index contributed by atoms with van der Waals surface area (Å²) in [6.45, 7) is 2.09. The Labute approximate surface area is 232 Å². The smallest absolute Gasteiger partial charge is 0.237 e. The minimum atomic E-state index is -1.55. The molecule has 4 atom stereocenters. The highest BCUT2D eigenvalue weighted by Crippen LogP contribution is 2.45. The van der Waals surface area contributed by atoms with Crippen molar-refractivity contribution >= 4 is 28.3 Å². The Hall–Kier alpha value is -3.78. The molecule has 1 N–H and O–H groups in total. The van der Waals surface area contributed by atoms with Gasteiger partial charge in [-0.3, -0.25) is 9.69 Å². The normalized spacial score (nSPS) is 19.9. The minimum absolute atomic E-state index is 0.157. The van der Waals surface area contributed by atoms with Gasteiger partial charge in [-0.25, -0.2) is 8.51 Å². The fraction of sp³-hybridized carbons (Fsp3) is 0.219. The van der Waals surface area contributed by atoms with E-state index < -0.39 is 28.9 Å². The number of benzene rings is 4. The van der Waals surface area contributed by atoms with Gasteiger partial charge in [0.05, 0.1) is 24.0 Å². The number of aryl methyl sites for hydroxylation is 1. The Kier molecular flexibility index (Phi) is 8.21. The monoisotopic (exact) mass is 540 g/mol. The van der Waals surface area contributed by atoms with Gasteiger partial charge in [0.25, 0.3) is 0 Å². The lowest BCUT2D eigenvalue weighted by molar-refractivity contribution is -0.123. The molecule has 0 aromatic heterocycles. The van der Waals surface area contributed by atoms with Crippen molar-refractivity contribution in [2.75, 3.05) is 25.2 Å². The Morgan fingerprint density at radius 3 is 1.97 bits per heavy atom. The molecule has 1 unspecified atom stereocenters. The summed E-state index contributed by atoms with van der Waals surface area (Å²) >= 11 is 0. The zero-order valence-corrected chi connectivity index (χ0v) is 22.8. The molecule has 1 heterocycles. The quantitative estimate of drug-likeness (QED) is 0.313. The largest absolute Gasteiger partial charge is 0.497 e. The van der Waals surface area contributed by atoms with Gasteiger partial charge in [-0.2, -0.15) is 0 Å². The summed E-state index contributed by atoms with van der Waals surface area (Å²) in [5, 5.41) is 10.5. The molecule has 0 bridgehead atoms. The molecule has 0 saturated carbocycles. The third-order valence-electron chi connectivity index (χ3n) is 7.23. The van der Waals surface area contributed by atoms with Gasteiger partial charge in [-0.05, 0) is 61.0 Å². The van der Waals surface area contributed by atoms with Crippen molar-refractivity contribution in [3.05, 3.63) is 120 Å². The highest BCUT2D eigenvalue weighted by Gasteiger charge is 2.50. The van der Waals surface area contributed by atoms with Crippen molar-refractivity contribution in [2.24, 2.45) is 11.8 Å². The van der Waals surface area contributed by atoms with E-state index in [0.29, 0.717) is 17.2 Å². The molecule has 1 amide bonds. The van der Waals surface area contributed by atoms with E-state index in [1.54, 1.807) is 12.0 Å². The van der Waals surface area contributed by atoms with Crippen LogP contribution in [-0.2, 0) is 15.8 Å². The molecule has 5 rings (SSSR count). The predicted octanol–water partition coefficient (Wildman–Crippen LogP) is 5.67. The van der Waals surface area contributed by atoms with E-state index in [1.807, 2.05) is 120 Å². The molecule has 1 aliphatic rings. The summed E-state index contributed by atoms with van der Waals surface area (Å²) in [6, 6.07) is 33.6. The molecular weight excluding hydrogens is 508 g/mol. The lowest BCUT2D eigenvalue weighted by Crippen LogP contribution is -2.39. The third kappa shape index (κ3) is 5.52. The Morgan fingerprint density at radius 2 is 1.46 bits per heavy atom. The maximum absolute atomic E-state index is 14.6. The van der Waals surface area contributed by atoms with Crippen LogP contribution in [0.15, 0.2) is 114 Å². The summed E-state index contributed by atoms with van der Waals surface area (Å²) in [6.07, 6.45) is 0. The molecule has 1 aliphatic heterocycles. The van der Waals surface area contributed by atoms with E-state index in [4.69, 9.17) is 4.74 Å². The zero-order chi connectivity index (χ0) is 27.4. The lowest BCUT2D eigenvalue weighted by atomic mass is 9.85. The summed E-state index contributed by atoms with van der Waals surface area (Å²) in [5.74, 6) is -0.539. The summed E-state index contributed by atoms with van der Waals surface area (Å²) in [7, 11) is 0.0600. The molecule has 7 heteroatoms. The summed E-state index contributed by atoms with van der Waals surface area (Å²) in [5.41, 5.74) is 3.38. The number of ether oxygens (including phenoxy) is 1. The van der Waals surface area contributed by atoms with Gasteiger partial charge in [0, 0.05) is 30.4 Å². The first-order valence-electron chi connectivity index (χ1n) is 13.0. The second-order valence-electron chi connectivity index (χ2n) is 9.69. The van der Waals surface area contributed by atoms with E-state index >= 15 is 0 Å². The molecule has 0 aliphatic carbocycles. The zero-order valence-electron chi connectivity index (χ0n) is 22.0. The molecule has 0 radical (unpaired) electrons. The van der Waals surface area contributed by atoms with Crippen molar-refractivity contribution in [2.45, 2.75) is 17.9 Å². The van der Waals surface area contributed by atoms with Crippen molar-refractivity contribution in [3.63, 3.8) is 0 Å². The van der Waals surface area contributed by atoms with Crippen LogP contribution in [-0.4, -0.2) is 39.8 Å². The Balaban J connectivity index is 1.62. The molecule has 4 aromatic carbocycles. The number of anilines is 2. The van der Waals surface area contributed by atoms with Gasteiger partial charge in [-0.1, -0.05) is 66.2 Å². The van der Waals surface area contributed by atoms with E-state index in [1.165, 1.54) is 0 Å². The number of aliphatic hydroxyl groups excluding tert-OH is 1. The maximum atomic E-state index is 14.6. The number of amides is 1. The number of rotatable bonds is 8. The van der Waals surface area contributed by atoms with Gasteiger partial charge >= 0.3 is 0 Å². The topological polar surface area (TPSA) is 70.1 Å². The lowest BCUT2D eigenvalue weighted by Gasteiger charge is -2.32. The van der Waals surface area contributed by atoms with Gasteiger partial charge in [0.15, 0.2) is 0 Å². The predicted molar refractivity (Wildman–Crippen MR) is 154 cm³/mol. The van der Waals surface area contributed by atoms with E-state index in [-0.39, 0.29) is 12.5 Å². The SMILES string of the molecule is COc1ccc([C@@H]2[C@@H](C(=O)N(c3ccccc3)c3ccccc3)[C@@H](CO)CN2S(=O)c2ccc(C)cc2)cc1. The van der Waals surface area contributed by atoms with Gasteiger partial charge < -0.3 is 9.84 Å². The number of hydrogen-bond acceptors (Lipinski definition) is 4. The van der Waals surface area contributed by atoms with Crippen LogP contribution in [0.5, 0.6) is 5.75 Å². The first kappa shape index (κ1) is 26.8. The van der Waals surface area contributed by atoms with E-state index in [2.05, 4.69) is 0 Å². The average Bonchev–Trinajstić information content (AvgIpc) is 3.38. The average molecular weight is 541 g/mol. The molecule has 0 spiro atoms. The third-order valence-corrected chi connectivity index (χ3v) is 8.71. The molecule has 1 fully saturated rings. The van der Waals surface area contributed by atoms with Crippen molar-refractivity contribution in [1.29, 1.82) is 0 Å². The van der Waals surface area contributed by atoms with Crippen LogP contribution >= 0.6 is 0 Å². The van der Waals surface area contributed by atoms with Crippen molar-refractivity contribution in [3.8, 4) is 5.75 Å². The first-order valence-corrected chi connectivity index (χ1v) is 14.1. The standard InChI is InChI=1S/C32H32N2O4S/c1-23-13-19-29(20-14-23)39(37)33-21-25(22-35)30(31(33)24-15-17-28(38-2)18-16-24)32(36)34(26-9-5-3-6-10-26)27-11-7-4-8-12-27/h3-20,25,30-31,35H,21-22H2,1-2H3/t25-,30+,31-,39?/m1/s1. The van der Waals surface area contributed by atoms with Crippen LogP contribution in [0.4, 0.5) is 11.4 Å². The number of hydrogen-bond donors (Lipinski definition) is 1. The molecule has 1 saturated heterocycles. The van der Waals surface area contributed by atoms with Gasteiger partial charge in [-0.15, -0.1) is 0 Å². The van der Waals surface area contributed by atoms with E-state index in [9.17, 15) is 14.1 Å². The number of methoxy groups -OCH3 is 1. The highest BCUT2D eigenvalue weighted by molar-refractivity contribution is 7.82. The molecule has 39 heavy (non-hydrogen) atoms. The van der Waals surface area contributed by atoms with Crippen LogP contribution in [0.3, 0.4) is 0 Å². The van der Waals surface area contributed by atoms with Crippen LogP contribution < -0.4 is 9.64 Å². The molecule has 200 valence electrons. The van der Waals surface area contributed by atoms with Crippen LogP contribution in [0.25, 0.3) is 0 Å². The Morgan fingerprint density at radius 1 is 0.897 bits per heavy atom. The van der Waals surface area contributed by atoms with Crippen LogP contribution in [0, 0.1) is 18.8 Å². The number of para-hydroxylation sites is 2. The number of carbonyl (C=O) groups excluding carboxylic acids is 1. The second kappa shape index (κ2) is 11.9. The van der Waals surface area contributed by atoms with Gasteiger partial charge in [0.2, 0.25) is 5.91 Å². The highest BCUT2D eigenvalue weighted by atomic mass is 32.2. The number of carbonyl (C=O) groups is 1. The van der Waals surface area contributed by atoms with Crippen molar-refractivity contribution in [1.82, 2.24) is 4.31 Å². The molecule has 6 nitrogen and oxygen atoms in total. The van der Waals surface area contributed by atoms with Crippen LogP contribution in [0.2, 0.25) is 0 Å². The molecule has 4 aromatic rings. The minimum Gasteiger partial charge on any atom is -0.497 e. The summed E-state index contributed by atoms with van der Waals surface area (Å²) in [4.78, 5) is 17.0. The number of nitrogens with zero attached hydrogens (tertiary/aromatic N) is 2. The fourth-order valence-electron chi connectivity index (χ4n) is 5.25. The first-order chi connectivity index (χ1) is 19.0. The second-order valence-corrected chi connectivity index (χ2v) is 11.1. The van der Waals surface area contributed by atoms with Crippen LogP contribution in [0.1, 0.15) is 17.2 Å². The Bertz CT molecular complexity index is 1370. The van der Waals surface area contributed by atoms with Crippen molar-refractivity contribution < 1.29 is 18.8 Å². The fourth-order valence-corrected chi connectivity index (χ4v) is 6.67.